The van der Waals surface area contributed by atoms with Gasteiger partial charge in [-0.15, -0.1) is 11.3 Å². The second kappa shape index (κ2) is 7.90. The lowest BCUT2D eigenvalue weighted by atomic mass is 10.1. The average Bonchev–Trinajstić information content (AvgIpc) is 2.98. The minimum atomic E-state index is 0.128. The number of ether oxygens (including phenoxy) is 2. The van der Waals surface area contributed by atoms with Crippen LogP contribution in [0, 0.1) is 6.92 Å². The molecule has 0 aliphatic carbocycles. The number of rotatable bonds is 4. The van der Waals surface area contributed by atoms with Gasteiger partial charge in [0.2, 0.25) is 5.91 Å². The van der Waals surface area contributed by atoms with Crippen LogP contribution in [-0.4, -0.2) is 41.8 Å². The minimum absolute atomic E-state index is 0.128. The van der Waals surface area contributed by atoms with Crippen LogP contribution in [0.3, 0.4) is 0 Å². The molecule has 0 spiro atoms. The quantitative estimate of drug-likeness (QED) is 0.779. The summed E-state index contributed by atoms with van der Waals surface area (Å²) in [7, 11) is 1.63. The Labute approximate surface area is 150 Å². The second-order valence-electron chi connectivity index (χ2n) is 5.51. The number of fused-ring (bicyclic) bond motifs is 1. The lowest BCUT2D eigenvalue weighted by Crippen LogP contribution is -2.35. The lowest BCUT2D eigenvalue weighted by molar-refractivity contribution is -0.129. The maximum absolute atomic E-state index is 12.6. The van der Waals surface area contributed by atoms with E-state index in [1.165, 1.54) is 11.8 Å². The third kappa shape index (κ3) is 4.02. The van der Waals surface area contributed by atoms with Crippen molar-refractivity contribution in [1.29, 1.82) is 0 Å². The van der Waals surface area contributed by atoms with Gasteiger partial charge < -0.3 is 14.4 Å². The molecule has 1 aliphatic rings. The molecule has 1 aliphatic heterocycles. The molecule has 7 heteroatoms. The molecular weight excluding hydrogens is 344 g/mol. The molecule has 2 heterocycles. The van der Waals surface area contributed by atoms with Crippen LogP contribution in [0.15, 0.2) is 27.9 Å². The average molecular weight is 364 g/mol. The van der Waals surface area contributed by atoms with E-state index in [1.54, 1.807) is 18.4 Å². The number of benzene rings is 1. The van der Waals surface area contributed by atoms with Gasteiger partial charge in [0.1, 0.15) is 0 Å². The Hall–Kier alpha value is -1.73. The predicted octanol–water partition coefficient (Wildman–Crippen LogP) is 3.36. The van der Waals surface area contributed by atoms with Gasteiger partial charge in [-0.05, 0) is 19.4 Å². The van der Waals surface area contributed by atoms with Crippen molar-refractivity contribution >= 4 is 29.0 Å². The summed E-state index contributed by atoms with van der Waals surface area (Å²) in [6, 6.07) is 5.80. The Bertz CT molecular complexity index is 718. The highest BCUT2D eigenvalue weighted by Gasteiger charge is 2.21. The van der Waals surface area contributed by atoms with Crippen molar-refractivity contribution in [3.05, 3.63) is 34.8 Å². The minimum Gasteiger partial charge on any atom is -0.493 e. The van der Waals surface area contributed by atoms with Gasteiger partial charge in [0.05, 0.1) is 19.5 Å². The normalized spacial score (nSPS) is 14.3. The van der Waals surface area contributed by atoms with Gasteiger partial charge in [-0.3, -0.25) is 4.79 Å². The SMILES string of the molecule is COc1cccc2c1OCCCN(C(=O)CSc1nc(C)cs1)C2. The van der Waals surface area contributed by atoms with Gasteiger partial charge in [-0.25, -0.2) is 4.98 Å². The van der Waals surface area contributed by atoms with E-state index >= 15 is 0 Å². The first-order valence-corrected chi connectivity index (χ1v) is 9.65. The van der Waals surface area contributed by atoms with E-state index in [4.69, 9.17) is 9.47 Å². The number of methoxy groups -OCH3 is 1. The number of aromatic nitrogens is 1. The van der Waals surface area contributed by atoms with Crippen LogP contribution < -0.4 is 9.47 Å². The van der Waals surface area contributed by atoms with Crippen LogP contribution in [0.5, 0.6) is 11.5 Å². The number of thiazole rings is 1. The molecule has 0 fully saturated rings. The molecule has 0 bridgehead atoms. The first kappa shape index (κ1) is 17.1. The van der Waals surface area contributed by atoms with Crippen molar-refractivity contribution < 1.29 is 14.3 Å². The Morgan fingerprint density at radius 2 is 2.38 bits per heavy atom. The summed E-state index contributed by atoms with van der Waals surface area (Å²) < 4.78 is 12.1. The summed E-state index contributed by atoms with van der Waals surface area (Å²) in [5.41, 5.74) is 1.98. The van der Waals surface area contributed by atoms with Crippen LogP contribution in [0.25, 0.3) is 0 Å². The largest absolute Gasteiger partial charge is 0.493 e. The van der Waals surface area contributed by atoms with Crippen LogP contribution in [0.4, 0.5) is 0 Å². The predicted molar refractivity (Wildman–Crippen MR) is 96.1 cm³/mol. The summed E-state index contributed by atoms with van der Waals surface area (Å²) >= 11 is 3.09. The van der Waals surface area contributed by atoms with Gasteiger partial charge in [0, 0.05) is 29.7 Å². The van der Waals surface area contributed by atoms with Gasteiger partial charge in [0.15, 0.2) is 15.8 Å². The standard InChI is InChI=1S/C17H20N2O3S2/c1-12-10-23-17(18-12)24-11-15(20)19-7-4-8-22-16-13(9-19)5-3-6-14(16)21-2/h3,5-6,10H,4,7-9,11H2,1-2H3. The molecule has 24 heavy (non-hydrogen) atoms. The number of thioether (sulfide) groups is 1. The topological polar surface area (TPSA) is 51.7 Å². The highest BCUT2D eigenvalue weighted by atomic mass is 32.2. The van der Waals surface area contributed by atoms with Gasteiger partial charge in [-0.2, -0.15) is 0 Å². The van der Waals surface area contributed by atoms with Crippen molar-refractivity contribution in [3.8, 4) is 11.5 Å². The maximum atomic E-state index is 12.6. The molecule has 0 saturated carbocycles. The molecule has 0 saturated heterocycles. The van der Waals surface area contributed by atoms with Crippen molar-refractivity contribution in [2.24, 2.45) is 0 Å². The fraction of sp³-hybridized carbons (Fsp3) is 0.412. The number of carbonyl (C=O) groups is 1. The van der Waals surface area contributed by atoms with Crippen molar-refractivity contribution in [3.63, 3.8) is 0 Å². The number of amides is 1. The highest BCUT2D eigenvalue weighted by Crippen LogP contribution is 2.33. The molecule has 3 rings (SSSR count). The fourth-order valence-electron chi connectivity index (χ4n) is 2.55. The molecule has 1 aromatic carbocycles. The van der Waals surface area contributed by atoms with E-state index < -0.39 is 0 Å². The second-order valence-corrected chi connectivity index (χ2v) is 7.59. The van der Waals surface area contributed by atoms with E-state index in [0.717, 1.165) is 33.5 Å². The van der Waals surface area contributed by atoms with Gasteiger partial charge >= 0.3 is 0 Å². The first-order chi connectivity index (χ1) is 11.7. The van der Waals surface area contributed by atoms with Crippen molar-refractivity contribution in [1.82, 2.24) is 9.88 Å². The Morgan fingerprint density at radius 3 is 3.12 bits per heavy atom. The summed E-state index contributed by atoms with van der Waals surface area (Å²) in [6.45, 7) is 3.79. The zero-order valence-corrected chi connectivity index (χ0v) is 15.4. The number of nitrogens with zero attached hydrogens (tertiary/aromatic N) is 2. The monoisotopic (exact) mass is 364 g/mol. The van der Waals surface area contributed by atoms with Crippen molar-refractivity contribution in [2.45, 2.75) is 24.2 Å². The number of hydrogen-bond acceptors (Lipinski definition) is 6. The molecular formula is C17H20N2O3S2. The molecule has 0 unspecified atom stereocenters. The molecule has 5 nitrogen and oxygen atoms in total. The summed E-state index contributed by atoms with van der Waals surface area (Å²) in [4.78, 5) is 18.9. The van der Waals surface area contributed by atoms with Crippen LogP contribution in [0.1, 0.15) is 17.7 Å². The van der Waals surface area contributed by atoms with Gasteiger partial charge in [0.25, 0.3) is 0 Å². The van der Waals surface area contributed by atoms with E-state index in [1.807, 2.05) is 35.4 Å². The summed E-state index contributed by atoms with van der Waals surface area (Å²) in [5.74, 6) is 2.01. The molecule has 1 aromatic heterocycles. The van der Waals surface area contributed by atoms with E-state index in [2.05, 4.69) is 4.98 Å². The summed E-state index contributed by atoms with van der Waals surface area (Å²) in [6.07, 6.45) is 0.810. The lowest BCUT2D eigenvalue weighted by Gasteiger charge is -2.27. The zero-order chi connectivity index (χ0) is 16.9. The molecule has 2 aromatic rings. The maximum Gasteiger partial charge on any atom is 0.233 e. The van der Waals surface area contributed by atoms with Crippen LogP contribution in [-0.2, 0) is 11.3 Å². The smallest absolute Gasteiger partial charge is 0.233 e. The van der Waals surface area contributed by atoms with E-state index in [-0.39, 0.29) is 5.91 Å². The number of hydrogen-bond donors (Lipinski definition) is 0. The number of aryl methyl sites for hydroxylation is 1. The third-order valence-corrected chi connectivity index (χ3v) is 5.85. The van der Waals surface area contributed by atoms with Crippen LogP contribution >= 0.6 is 23.1 Å². The summed E-state index contributed by atoms with van der Waals surface area (Å²) in [5, 5.41) is 2.00. The van der Waals surface area contributed by atoms with E-state index in [0.29, 0.717) is 25.4 Å². The zero-order valence-electron chi connectivity index (χ0n) is 13.8. The number of para-hydroxylation sites is 1. The van der Waals surface area contributed by atoms with E-state index in [9.17, 15) is 4.79 Å². The van der Waals surface area contributed by atoms with Crippen molar-refractivity contribution in [2.75, 3.05) is 26.0 Å². The Kier molecular flexibility index (Phi) is 5.63. The molecule has 0 atom stereocenters. The number of carbonyl (C=O) groups excluding carboxylic acids is 1. The molecule has 0 radical (unpaired) electrons. The third-order valence-electron chi connectivity index (χ3n) is 3.73. The van der Waals surface area contributed by atoms with Gasteiger partial charge in [-0.1, -0.05) is 23.9 Å². The Morgan fingerprint density at radius 1 is 1.50 bits per heavy atom. The molecule has 1 amide bonds. The fourth-order valence-corrected chi connectivity index (χ4v) is 4.30. The highest BCUT2D eigenvalue weighted by molar-refractivity contribution is 8.01. The Balaban J connectivity index is 1.69. The first-order valence-electron chi connectivity index (χ1n) is 7.78. The van der Waals surface area contributed by atoms with Crippen LogP contribution in [0.2, 0.25) is 0 Å². The molecule has 0 N–H and O–H groups in total. The molecule has 128 valence electrons.